The zero-order valence-corrected chi connectivity index (χ0v) is 10.3. The van der Waals surface area contributed by atoms with Crippen molar-refractivity contribution in [1.82, 2.24) is 5.32 Å². The minimum Gasteiger partial charge on any atom is -0.460 e. The van der Waals surface area contributed by atoms with Gasteiger partial charge in [-0.3, -0.25) is 4.79 Å². The average Bonchev–Trinajstić information content (AvgIpc) is 2.23. The fourth-order valence-electron chi connectivity index (χ4n) is 0.990. The molecule has 0 aliphatic heterocycles. The SMILES string of the molecule is C=C(C)C(=O)OCCNC(=O)CC(C)CC. The number of amides is 1. The molecule has 92 valence electrons. The van der Waals surface area contributed by atoms with E-state index in [1.165, 1.54) is 0 Å². The first-order valence-electron chi connectivity index (χ1n) is 5.56. The molecule has 0 aliphatic rings. The Morgan fingerprint density at radius 1 is 1.44 bits per heavy atom. The standard InChI is InChI=1S/C12H21NO3/c1-5-10(4)8-11(14)13-6-7-16-12(15)9(2)3/h10H,2,5-8H2,1,3-4H3,(H,13,14). The van der Waals surface area contributed by atoms with E-state index in [0.717, 1.165) is 6.42 Å². The lowest BCUT2D eigenvalue weighted by Gasteiger charge is -2.09. The molecule has 0 fully saturated rings. The summed E-state index contributed by atoms with van der Waals surface area (Å²) in [5.74, 6) is -0.0325. The number of esters is 1. The van der Waals surface area contributed by atoms with Crippen LogP contribution in [0.3, 0.4) is 0 Å². The Kier molecular flexibility index (Phi) is 7.25. The first-order valence-corrected chi connectivity index (χ1v) is 5.56. The van der Waals surface area contributed by atoms with Gasteiger partial charge in [-0.1, -0.05) is 26.8 Å². The summed E-state index contributed by atoms with van der Waals surface area (Å²) in [6.45, 7) is 9.67. The number of carbonyl (C=O) groups is 2. The summed E-state index contributed by atoms with van der Waals surface area (Å²) in [4.78, 5) is 22.3. The summed E-state index contributed by atoms with van der Waals surface area (Å²) in [6.07, 6.45) is 1.50. The van der Waals surface area contributed by atoms with Crippen molar-refractivity contribution in [3.8, 4) is 0 Å². The molecule has 0 aliphatic carbocycles. The van der Waals surface area contributed by atoms with E-state index in [0.29, 0.717) is 24.5 Å². The second-order valence-corrected chi connectivity index (χ2v) is 3.98. The zero-order valence-electron chi connectivity index (χ0n) is 10.3. The number of hydrogen-bond acceptors (Lipinski definition) is 3. The largest absolute Gasteiger partial charge is 0.460 e. The van der Waals surface area contributed by atoms with Gasteiger partial charge in [0.2, 0.25) is 5.91 Å². The van der Waals surface area contributed by atoms with Gasteiger partial charge in [0.1, 0.15) is 6.61 Å². The van der Waals surface area contributed by atoms with Crippen LogP contribution in [0.5, 0.6) is 0 Å². The van der Waals surface area contributed by atoms with Gasteiger partial charge in [-0.25, -0.2) is 4.79 Å². The lowest BCUT2D eigenvalue weighted by atomic mass is 10.1. The molecule has 0 saturated carbocycles. The molecule has 0 saturated heterocycles. The molecule has 0 radical (unpaired) electrons. The molecule has 1 atom stereocenters. The van der Waals surface area contributed by atoms with Gasteiger partial charge in [0.15, 0.2) is 0 Å². The number of nitrogens with one attached hydrogen (secondary N) is 1. The van der Waals surface area contributed by atoms with Crippen molar-refractivity contribution >= 4 is 11.9 Å². The van der Waals surface area contributed by atoms with Crippen LogP contribution < -0.4 is 5.32 Å². The Hall–Kier alpha value is -1.32. The smallest absolute Gasteiger partial charge is 0.333 e. The molecule has 1 unspecified atom stereocenters. The minimum absolute atomic E-state index is 0.000670. The summed E-state index contributed by atoms with van der Waals surface area (Å²) < 4.78 is 4.83. The highest BCUT2D eigenvalue weighted by molar-refractivity contribution is 5.86. The lowest BCUT2D eigenvalue weighted by molar-refractivity contribution is -0.139. The fraction of sp³-hybridized carbons (Fsp3) is 0.667. The van der Waals surface area contributed by atoms with Crippen LogP contribution >= 0.6 is 0 Å². The van der Waals surface area contributed by atoms with E-state index < -0.39 is 5.97 Å². The molecule has 0 bridgehead atoms. The van der Waals surface area contributed by atoms with Crippen LogP contribution in [0.1, 0.15) is 33.6 Å². The summed E-state index contributed by atoms with van der Waals surface area (Å²) >= 11 is 0. The van der Waals surface area contributed by atoms with Gasteiger partial charge in [0, 0.05) is 12.0 Å². The van der Waals surface area contributed by atoms with Gasteiger partial charge < -0.3 is 10.1 Å². The zero-order chi connectivity index (χ0) is 12.6. The molecule has 0 spiro atoms. The van der Waals surface area contributed by atoms with Crippen molar-refractivity contribution in [2.45, 2.75) is 33.6 Å². The quantitative estimate of drug-likeness (QED) is 0.409. The fourth-order valence-corrected chi connectivity index (χ4v) is 0.990. The van der Waals surface area contributed by atoms with Gasteiger partial charge in [0.25, 0.3) is 0 Å². The van der Waals surface area contributed by atoms with E-state index in [1.807, 2.05) is 13.8 Å². The van der Waals surface area contributed by atoms with E-state index in [4.69, 9.17) is 4.74 Å². The molecular weight excluding hydrogens is 206 g/mol. The predicted molar refractivity (Wildman–Crippen MR) is 62.9 cm³/mol. The summed E-state index contributed by atoms with van der Waals surface area (Å²) in [5, 5.41) is 2.70. The number of ether oxygens (including phenoxy) is 1. The van der Waals surface area contributed by atoms with Crippen molar-refractivity contribution in [2.75, 3.05) is 13.2 Å². The van der Waals surface area contributed by atoms with Crippen molar-refractivity contribution < 1.29 is 14.3 Å². The maximum Gasteiger partial charge on any atom is 0.333 e. The van der Waals surface area contributed by atoms with Crippen molar-refractivity contribution in [3.63, 3.8) is 0 Å². The normalized spacial score (nSPS) is 11.7. The summed E-state index contributed by atoms with van der Waals surface area (Å²) in [7, 11) is 0. The molecular formula is C12H21NO3. The highest BCUT2D eigenvalue weighted by Crippen LogP contribution is 2.05. The lowest BCUT2D eigenvalue weighted by Crippen LogP contribution is -2.29. The molecule has 0 aromatic rings. The van der Waals surface area contributed by atoms with Crippen LogP contribution in [0.4, 0.5) is 0 Å². The summed E-state index contributed by atoms with van der Waals surface area (Å²) in [5.41, 5.74) is 0.367. The number of carbonyl (C=O) groups excluding carboxylic acids is 2. The third kappa shape index (κ3) is 7.04. The molecule has 0 aromatic heterocycles. The van der Waals surface area contributed by atoms with E-state index in [2.05, 4.69) is 11.9 Å². The van der Waals surface area contributed by atoms with Gasteiger partial charge in [-0.2, -0.15) is 0 Å². The van der Waals surface area contributed by atoms with Crippen LogP contribution in [0.25, 0.3) is 0 Å². The molecule has 16 heavy (non-hydrogen) atoms. The Bertz CT molecular complexity index is 261. The van der Waals surface area contributed by atoms with Gasteiger partial charge >= 0.3 is 5.97 Å². The topological polar surface area (TPSA) is 55.4 Å². The molecule has 4 heteroatoms. The highest BCUT2D eigenvalue weighted by Gasteiger charge is 2.07. The second kappa shape index (κ2) is 7.91. The molecule has 0 rings (SSSR count). The van der Waals surface area contributed by atoms with E-state index in [9.17, 15) is 9.59 Å². The maximum absolute atomic E-state index is 11.3. The molecule has 4 nitrogen and oxygen atoms in total. The predicted octanol–water partition coefficient (Wildman–Crippen LogP) is 1.66. The minimum atomic E-state index is -0.420. The molecule has 0 aromatic carbocycles. The Labute approximate surface area is 97.1 Å². The van der Waals surface area contributed by atoms with Gasteiger partial charge in [-0.15, -0.1) is 0 Å². The van der Waals surface area contributed by atoms with Crippen molar-refractivity contribution in [3.05, 3.63) is 12.2 Å². The van der Waals surface area contributed by atoms with Crippen LogP contribution in [0, 0.1) is 5.92 Å². The first-order chi connectivity index (χ1) is 7.47. The third-order valence-corrected chi connectivity index (χ3v) is 2.24. The maximum atomic E-state index is 11.3. The van der Waals surface area contributed by atoms with Crippen molar-refractivity contribution in [1.29, 1.82) is 0 Å². The molecule has 1 N–H and O–H groups in total. The van der Waals surface area contributed by atoms with Crippen LogP contribution in [0.15, 0.2) is 12.2 Å². The third-order valence-electron chi connectivity index (χ3n) is 2.24. The van der Waals surface area contributed by atoms with Gasteiger partial charge in [0.05, 0.1) is 6.54 Å². The highest BCUT2D eigenvalue weighted by atomic mass is 16.5. The first kappa shape index (κ1) is 14.7. The summed E-state index contributed by atoms with van der Waals surface area (Å²) in [6, 6.07) is 0. The van der Waals surface area contributed by atoms with Crippen LogP contribution in [0.2, 0.25) is 0 Å². The number of hydrogen-bond donors (Lipinski definition) is 1. The Morgan fingerprint density at radius 2 is 2.06 bits per heavy atom. The average molecular weight is 227 g/mol. The Balaban J connectivity index is 3.55. The molecule has 1 amide bonds. The Morgan fingerprint density at radius 3 is 2.56 bits per heavy atom. The van der Waals surface area contributed by atoms with Crippen LogP contribution in [-0.4, -0.2) is 25.0 Å². The van der Waals surface area contributed by atoms with Crippen LogP contribution in [-0.2, 0) is 14.3 Å². The van der Waals surface area contributed by atoms with Crippen molar-refractivity contribution in [2.24, 2.45) is 5.92 Å². The van der Waals surface area contributed by atoms with E-state index in [1.54, 1.807) is 6.92 Å². The van der Waals surface area contributed by atoms with E-state index >= 15 is 0 Å². The van der Waals surface area contributed by atoms with Gasteiger partial charge in [-0.05, 0) is 12.8 Å². The monoisotopic (exact) mass is 227 g/mol. The number of rotatable bonds is 7. The second-order valence-electron chi connectivity index (χ2n) is 3.98. The molecule has 0 heterocycles. The van der Waals surface area contributed by atoms with E-state index in [-0.39, 0.29) is 12.5 Å².